The van der Waals surface area contributed by atoms with Crippen molar-refractivity contribution in [1.29, 1.82) is 0 Å². The Hall–Kier alpha value is -2.92. The third-order valence-corrected chi connectivity index (χ3v) is 4.55. The number of benzene rings is 3. The maximum atomic E-state index is 12.4. The van der Waals surface area contributed by atoms with Gasteiger partial charge < -0.3 is 10.1 Å². The summed E-state index contributed by atoms with van der Waals surface area (Å²) in [5, 5.41) is 2.86. The summed E-state index contributed by atoms with van der Waals surface area (Å²) in [6, 6.07) is 21.5. The molecule has 0 aliphatic heterocycles. The lowest BCUT2D eigenvalue weighted by Gasteiger charge is -2.10. The molecule has 136 valence electrons. The first-order chi connectivity index (χ1) is 13.0. The molecule has 3 aromatic rings. The van der Waals surface area contributed by atoms with Crippen LogP contribution < -0.4 is 10.1 Å². The highest BCUT2D eigenvalue weighted by Gasteiger charge is 2.10. The summed E-state index contributed by atoms with van der Waals surface area (Å²) in [6.07, 6.45) is 0. The molecule has 0 radical (unpaired) electrons. The Bertz CT molecular complexity index is 967. The summed E-state index contributed by atoms with van der Waals surface area (Å²) in [6.45, 7) is 1.82. The van der Waals surface area contributed by atoms with Crippen molar-refractivity contribution < 1.29 is 14.3 Å². The van der Waals surface area contributed by atoms with Crippen LogP contribution in [0.5, 0.6) is 5.75 Å². The largest absolute Gasteiger partial charge is 0.485 e. The van der Waals surface area contributed by atoms with Crippen molar-refractivity contribution in [3.8, 4) is 5.75 Å². The van der Waals surface area contributed by atoms with Crippen molar-refractivity contribution in [2.24, 2.45) is 0 Å². The summed E-state index contributed by atoms with van der Waals surface area (Å²) in [5.41, 5.74) is 2.72. The Morgan fingerprint density at radius 2 is 1.70 bits per heavy atom. The van der Waals surface area contributed by atoms with Crippen LogP contribution in [0.1, 0.15) is 26.3 Å². The first kappa shape index (κ1) is 18.9. The van der Waals surface area contributed by atoms with Gasteiger partial charge in [-0.3, -0.25) is 9.59 Å². The number of carbonyl (C=O) groups is 2. The third kappa shape index (κ3) is 5.05. The predicted molar refractivity (Wildman–Crippen MR) is 110 cm³/mol. The van der Waals surface area contributed by atoms with Crippen molar-refractivity contribution in [2.45, 2.75) is 6.92 Å². The fourth-order valence-corrected chi connectivity index (χ4v) is 2.82. The number of hydrogen-bond acceptors (Lipinski definition) is 3. The number of ether oxygens (including phenoxy) is 1. The molecule has 4 nitrogen and oxygen atoms in total. The normalized spacial score (nSPS) is 10.3. The summed E-state index contributed by atoms with van der Waals surface area (Å²) in [4.78, 5) is 24.6. The third-order valence-electron chi connectivity index (χ3n) is 4.02. The number of amides is 1. The number of hydrogen-bond donors (Lipinski definition) is 1. The Morgan fingerprint density at radius 1 is 0.963 bits per heavy atom. The lowest BCUT2D eigenvalue weighted by atomic mass is 10.1. The van der Waals surface area contributed by atoms with E-state index in [1.165, 1.54) is 0 Å². The van der Waals surface area contributed by atoms with E-state index in [1.807, 2.05) is 37.3 Å². The molecule has 0 spiro atoms. The van der Waals surface area contributed by atoms with E-state index in [0.29, 0.717) is 22.6 Å². The van der Waals surface area contributed by atoms with Gasteiger partial charge in [0.2, 0.25) is 0 Å². The minimum Gasteiger partial charge on any atom is -0.485 e. The van der Waals surface area contributed by atoms with Crippen LogP contribution in [-0.4, -0.2) is 18.3 Å². The van der Waals surface area contributed by atoms with Crippen LogP contribution in [0.3, 0.4) is 0 Å². The first-order valence-corrected chi connectivity index (χ1v) is 9.21. The Morgan fingerprint density at radius 3 is 2.44 bits per heavy atom. The molecule has 0 aliphatic carbocycles. The van der Waals surface area contributed by atoms with Crippen LogP contribution in [-0.2, 0) is 0 Å². The number of aryl methyl sites for hydroxylation is 1. The number of ketones is 1. The molecule has 0 saturated heterocycles. The number of anilines is 1. The maximum Gasteiger partial charge on any atom is 0.255 e. The summed E-state index contributed by atoms with van der Waals surface area (Å²) in [5.74, 6) is 0.219. The van der Waals surface area contributed by atoms with Crippen LogP contribution in [0.4, 0.5) is 5.69 Å². The van der Waals surface area contributed by atoms with Crippen LogP contribution in [0.15, 0.2) is 77.3 Å². The molecule has 0 bridgehead atoms. The quantitative estimate of drug-likeness (QED) is 0.549. The monoisotopic (exact) mass is 423 g/mol. The van der Waals surface area contributed by atoms with Gasteiger partial charge in [-0.2, -0.15) is 0 Å². The average Bonchev–Trinajstić information content (AvgIpc) is 2.67. The molecule has 1 N–H and O–H groups in total. The van der Waals surface area contributed by atoms with Crippen LogP contribution in [0.25, 0.3) is 0 Å². The van der Waals surface area contributed by atoms with E-state index in [9.17, 15) is 9.59 Å². The molecular formula is C22H18BrNO3. The van der Waals surface area contributed by atoms with Gasteiger partial charge in [0.05, 0.1) is 0 Å². The Balaban J connectivity index is 1.63. The van der Waals surface area contributed by atoms with Crippen molar-refractivity contribution >= 4 is 33.3 Å². The fraction of sp³-hybridized carbons (Fsp3) is 0.0909. The highest BCUT2D eigenvalue weighted by atomic mass is 79.9. The maximum absolute atomic E-state index is 12.4. The standard InChI is InChI=1S/C22H18BrNO3/c1-15-5-2-3-8-20(15)22(26)24-18-6-4-7-19(13-18)27-14-21(25)16-9-11-17(23)12-10-16/h2-13H,14H2,1H3,(H,24,26). The minimum atomic E-state index is -0.184. The van der Waals surface area contributed by atoms with E-state index in [2.05, 4.69) is 21.2 Å². The zero-order valence-corrected chi connectivity index (χ0v) is 16.3. The van der Waals surface area contributed by atoms with E-state index in [1.54, 1.807) is 42.5 Å². The molecule has 1 amide bonds. The summed E-state index contributed by atoms with van der Waals surface area (Å²) >= 11 is 3.34. The van der Waals surface area contributed by atoms with Crippen molar-refractivity contribution in [1.82, 2.24) is 0 Å². The van der Waals surface area contributed by atoms with Crippen LogP contribution in [0.2, 0.25) is 0 Å². The number of nitrogens with one attached hydrogen (secondary N) is 1. The van der Waals surface area contributed by atoms with Gasteiger partial charge in [0.1, 0.15) is 5.75 Å². The topological polar surface area (TPSA) is 55.4 Å². The van der Waals surface area contributed by atoms with Crippen LogP contribution in [0, 0.1) is 6.92 Å². The van der Waals surface area contributed by atoms with E-state index >= 15 is 0 Å². The molecule has 0 fully saturated rings. The average molecular weight is 424 g/mol. The van der Waals surface area contributed by atoms with E-state index in [-0.39, 0.29) is 18.3 Å². The van der Waals surface area contributed by atoms with Crippen molar-refractivity contribution in [2.75, 3.05) is 11.9 Å². The molecule has 0 unspecified atom stereocenters. The van der Waals surface area contributed by atoms with Gasteiger partial charge in [-0.25, -0.2) is 0 Å². The number of Topliss-reactive ketones (excluding diaryl/α,β-unsaturated/α-hetero) is 1. The van der Waals surface area contributed by atoms with E-state index in [0.717, 1.165) is 10.0 Å². The number of carbonyl (C=O) groups excluding carboxylic acids is 2. The molecule has 0 aliphatic rings. The first-order valence-electron chi connectivity index (χ1n) is 8.41. The van der Waals surface area contributed by atoms with E-state index < -0.39 is 0 Å². The lowest BCUT2D eigenvalue weighted by molar-refractivity contribution is 0.0920. The van der Waals surface area contributed by atoms with Gasteiger partial charge >= 0.3 is 0 Å². The van der Waals surface area contributed by atoms with Gasteiger partial charge in [0.25, 0.3) is 5.91 Å². The lowest BCUT2D eigenvalue weighted by Crippen LogP contribution is -2.14. The predicted octanol–water partition coefficient (Wildman–Crippen LogP) is 5.27. The summed E-state index contributed by atoms with van der Waals surface area (Å²) < 4.78 is 6.51. The minimum absolute atomic E-state index is 0.0726. The highest BCUT2D eigenvalue weighted by Crippen LogP contribution is 2.19. The van der Waals surface area contributed by atoms with Crippen molar-refractivity contribution in [3.63, 3.8) is 0 Å². The number of halogens is 1. The Labute approximate surface area is 166 Å². The van der Waals surface area contributed by atoms with Gasteiger partial charge in [0, 0.05) is 27.4 Å². The molecule has 0 heterocycles. The molecule has 0 saturated carbocycles. The zero-order chi connectivity index (χ0) is 19.2. The number of rotatable bonds is 6. The molecule has 27 heavy (non-hydrogen) atoms. The van der Waals surface area contributed by atoms with Gasteiger partial charge in [-0.15, -0.1) is 0 Å². The molecular weight excluding hydrogens is 406 g/mol. The summed E-state index contributed by atoms with van der Waals surface area (Å²) in [7, 11) is 0. The van der Waals surface area contributed by atoms with Crippen LogP contribution >= 0.6 is 15.9 Å². The highest BCUT2D eigenvalue weighted by molar-refractivity contribution is 9.10. The molecule has 5 heteroatoms. The molecule has 3 rings (SSSR count). The van der Waals surface area contributed by atoms with Gasteiger partial charge in [0.15, 0.2) is 12.4 Å². The second-order valence-corrected chi connectivity index (χ2v) is 6.93. The molecule has 3 aromatic carbocycles. The van der Waals surface area contributed by atoms with Gasteiger partial charge in [-0.1, -0.05) is 52.3 Å². The fourth-order valence-electron chi connectivity index (χ4n) is 2.56. The second kappa shape index (κ2) is 8.64. The molecule has 0 aromatic heterocycles. The van der Waals surface area contributed by atoms with E-state index in [4.69, 9.17) is 4.74 Å². The van der Waals surface area contributed by atoms with Crippen molar-refractivity contribution in [3.05, 3.63) is 94.0 Å². The zero-order valence-electron chi connectivity index (χ0n) is 14.7. The second-order valence-electron chi connectivity index (χ2n) is 6.02. The molecule has 0 atom stereocenters. The SMILES string of the molecule is Cc1ccccc1C(=O)Nc1cccc(OCC(=O)c2ccc(Br)cc2)c1. The smallest absolute Gasteiger partial charge is 0.255 e. The van der Waals surface area contributed by atoms with Gasteiger partial charge in [-0.05, 0) is 42.8 Å². The Kier molecular flexibility index (Phi) is 6.04.